The average molecular weight is 354 g/mol. The van der Waals surface area contributed by atoms with Crippen LogP contribution in [0.4, 0.5) is 0 Å². The molecule has 1 heterocycles. The third-order valence-corrected chi connectivity index (χ3v) is 5.17. The number of pyridine rings is 1. The SMILES string of the molecule is Cc1cc(C(=O)O[C@@H](C)C(=O)N(C)C2CCCCC2)c2ccccc2n1. The van der Waals surface area contributed by atoms with Crippen LogP contribution in [0.25, 0.3) is 10.9 Å². The molecule has 0 saturated heterocycles. The van der Waals surface area contributed by atoms with Crippen LogP contribution in [0.5, 0.6) is 0 Å². The predicted molar refractivity (Wildman–Crippen MR) is 101 cm³/mol. The minimum absolute atomic E-state index is 0.139. The Morgan fingerprint density at radius 3 is 2.62 bits per heavy atom. The lowest BCUT2D eigenvalue weighted by Crippen LogP contribution is -2.44. The summed E-state index contributed by atoms with van der Waals surface area (Å²) in [6.07, 6.45) is 4.78. The summed E-state index contributed by atoms with van der Waals surface area (Å²) >= 11 is 0. The van der Waals surface area contributed by atoms with Gasteiger partial charge in [-0.3, -0.25) is 9.78 Å². The number of likely N-dealkylation sites (N-methyl/N-ethyl adjacent to an activating group) is 1. The summed E-state index contributed by atoms with van der Waals surface area (Å²) in [4.78, 5) is 31.6. The maximum Gasteiger partial charge on any atom is 0.339 e. The standard InChI is InChI=1S/C21H26N2O3/c1-14-13-18(17-11-7-8-12-19(17)22-14)21(25)26-15(2)20(24)23(3)16-9-5-4-6-10-16/h7-8,11-13,15-16H,4-6,9-10H2,1-3H3/t15-/m0/s1. The molecule has 0 spiro atoms. The first-order valence-electron chi connectivity index (χ1n) is 9.31. The number of benzene rings is 1. The number of hydrogen-bond donors (Lipinski definition) is 0. The van der Waals surface area contributed by atoms with Crippen molar-refractivity contribution in [3.05, 3.63) is 41.6 Å². The van der Waals surface area contributed by atoms with Gasteiger partial charge in [-0.25, -0.2) is 4.79 Å². The Balaban J connectivity index is 1.74. The lowest BCUT2D eigenvalue weighted by atomic mass is 9.94. The van der Waals surface area contributed by atoms with Crippen LogP contribution in [0.15, 0.2) is 30.3 Å². The van der Waals surface area contributed by atoms with Crippen LogP contribution in [-0.4, -0.2) is 41.0 Å². The van der Waals surface area contributed by atoms with Crippen molar-refractivity contribution in [2.45, 2.75) is 58.1 Å². The second-order valence-corrected chi connectivity index (χ2v) is 7.12. The van der Waals surface area contributed by atoms with Crippen LogP contribution in [0, 0.1) is 6.92 Å². The van der Waals surface area contributed by atoms with E-state index in [1.165, 1.54) is 6.42 Å². The van der Waals surface area contributed by atoms with E-state index in [-0.39, 0.29) is 11.9 Å². The fraction of sp³-hybridized carbons (Fsp3) is 0.476. The van der Waals surface area contributed by atoms with Crippen LogP contribution in [-0.2, 0) is 9.53 Å². The van der Waals surface area contributed by atoms with Gasteiger partial charge in [0.1, 0.15) is 0 Å². The fourth-order valence-corrected chi connectivity index (χ4v) is 3.69. The van der Waals surface area contributed by atoms with E-state index in [0.717, 1.165) is 42.3 Å². The molecular weight excluding hydrogens is 328 g/mol. The Morgan fingerprint density at radius 2 is 1.88 bits per heavy atom. The van der Waals surface area contributed by atoms with E-state index < -0.39 is 12.1 Å². The van der Waals surface area contributed by atoms with Gasteiger partial charge in [-0.05, 0) is 38.8 Å². The molecule has 26 heavy (non-hydrogen) atoms. The fourth-order valence-electron chi connectivity index (χ4n) is 3.69. The van der Waals surface area contributed by atoms with Gasteiger partial charge in [0.15, 0.2) is 6.10 Å². The average Bonchev–Trinajstić information content (AvgIpc) is 2.66. The van der Waals surface area contributed by atoms with Gasteiger partial charge in [-0.15, -0.1) is 0 Å². The van der Waals surface area contributed by atoms with Crippen LogP contribution >= 0.6 is 0 Å². The number of carbonyl (C=O) groups excluding carboxylic acids is 2. The molecule has 3 rings (SSSR count). The molecule has 0 N–H and O–H groups in total. The maximum atomic E-state index is 12.7. The Labute approximate surface area is 154 Å². The van der Waals surface area contributed by atoms with Crippen molar-refractivity contribution in [1.29, 1.82) is 0 Å². The number of amides is 1. The molecule has 1 atom stereocenters. The molecule has 0 radical (unpaired) electrons. The summed E-state index contributed by atoms with van der Waals surface area (Å²) in [6.45, 7) is 3.49. The second-order valence-electron chi connectivity index (χ2n) is 7.12. The molecule has 1 aromatic carbocycles. The topological polar surface area (TPSA) is 59.5 Å². The van der Waals surface area contributed by atoms with Gasteiger partial charge in [0, 0.05) is 24.2 Å². The summed E-state index contributed by atoms with van der Waals surface area (Å²) < 4.78 is 5.52. The highest BCUT2D eigenvalue weighted by Crippen LogP contribution is 2.23. The summed E-state index contributed by atoms with van der Waals surface area (Å²) in [7, 11) is 1.81. The number of carbonyl (C=O) groups is 2. The molecule has 0 unspecified atom stereocenters. The minimum atomic E-state index is -0.804. The molecule has 1 aliphatic rings. The lowest BCUT2D eigenvalue weighted by Gasteiger charge is -2.32. The van der Waals surface area contributed by atoms with Crippen molar-refractivity contribution in [1.82, 2.24) is 9.88 Å². The van der Waals surface area contributed by atoms with Crippen molar-refractivity contribution in [2.75, 3.05) is 7.05 Å². The van der Waals surface area contributed by atoms with Gasteiger partial charge < -0.3 is 9.64 Å². The van der Waals surface area contributed by atoms with Crippen molar-refractivity contribution < 1.29 is 14.3 Å². The van der Waals surface area contributed by atoms with Crippen LogP contribution < -0.4 is 0 Å². The van der Waals surface area contributed by atoms with E-state index in [4.69, 9.17) is 4.74 Å². The number of rotatable bonds is 4. The predicted octanol–water partition coefficient (Wildman–Crippen LogP) is 3.88. The molecule has 1 aromatic heterocycles. The molecule has 1 fully saturated rings. The van der Waals surface area contributed by atoms with Gasteiger partial charge in [-0.2, -0.15) is 0 Å². The normalized spacial score (nSPS) is 16.3. The van der Waals surface area contributed by atoms with Crippen molar-refractivity contribution in [3.63, 3.8) is 0 Å². The number of para-hydroxylation sites is 1. The molecule has 0 aliphatic heterocycles. The van der Waals surface area contributed by atoms with Crippen molar-refractivity contribution in [3.8, 4) is 0 Å². The number of hydrogen-bond acceptors (Lipinski definition) is 4. The zero-order valence-corrected chi connectivity index (χ0v) is 15.7. The molecule has 0 bridgehead atoms. The lowest BCUT2D eigenvalue weighted by molar-refractivity contribution is -0.141. The summed E-state index contributed by atoms with van der Waals surface area (Å²) in [5.74, 6) is -0.620. The Bertz CT molecular complexity index is 812. The second kappa shape index (κ2) is 7.85. The zero-order chi connectivity index (χ0) is 18.7. The highest BCUT2D eigenvalue weighted by molar-refractivity contribution is 6.04. The van der Waals surface area contributed by atoms with E-state index in [2.05, 4.69) is 4.98 Å². The number of nitrogens with zero attached hydrogens (tertiary/aromatic N) is 2. The number of esters is 1. The molecule has 1 aliphatic carbocycles. The van der Waals surface area contributed by atoms with Crippen LogP contribution in [0.3, 0.4) is 0 Å². The molecule has 5 nitrogen and oxygen atoms in total. The maximum absolute atomic E-state index is 12.7. The van der Waals surface area contributed by atoms with E-state index in [1.807, 2.05) is 38.2 Å². The van der Waals surface area contributed by atoms with Crippen LogP contribution in [0.2, 0.25) is 0 Å². The molecule has 1 saturated carbocycles. The number of ether oxygens (including phenoxy) is 1. The summed E-state index contributed by atoms with van der Waals surface area (Å²) in [6, 6.07) is 9.42. The highest BCUT2D eigenvalue weighted by atomic mass is 16.5. The minimum Gasteiger partial charge on any atom is -0.449 e. The molecule has 138 valence electrons. The Kier molecular flexibility index (Phi) is 5.55. The smallest absolute Gasteiger partial charge is 0.339 e. The Hall–Kier alpha value is -2.43. The van der Waals surface area contributed by atoms with E-state index in [0.29, 0.717) is 5.56 Å². The number of aryl methyl sites for hydroxylation is 1. The molecule has 1 amide bonds. The van der Waals surface area contributed by atoms with Gasteiger partial charge >= 0.3 is 5.97 Å². The zero-order valence-electron chi connectivity index (χ0n) is 15.7. The van der Waals surface area contributed by atoms with E-state index in [1.54, 1.807) is 17.9 Å². The van der Waals surface area contributed by atoms with Gasteiger partial charge in [0.05, 0.1) is 11.1 Å². The van der Waals surface area contributed by atoms with Gasteiger partial charge in [0.2, 0.25) is 0 Å². The molecule has 2 aromatic rings. The Morgan fingerprint density at radius 1 is 1.19 bits per heavy atom. The van der Waals surface area contributed by atoms with Gasteiger partial charge in [0.25, 0.3) is 5.91 Å². The van der Waals surface area contributed by atoms with E-state index in [9.17, 15) is 9.59 Å². The number of aromatic nitrogens is 1. The molecular formula is C21H26N2O3. The number of fused-ring (bicyclic) bond motifs is 1. The third kappa shape index (κ3) is 3.87. The third-order valence-electron chi connectivity index (χ3n) is 5.17. The first-order valence-corrected chi connectivity index (χ1v) is 9.31. The first kappa shape index (κ1) is 18.4. The highest BCUT2D eigenvalue weighted by Gasteiger charge is 2.28. The van der Waals surface area contributed by atoms with Crippen molar-refractivity contribution >= 4 is 22.8 Å². The van der Waals surface area contributed by atoms with Crippen LogP contribution in [0.1, 0.15) is 55.1 Å². The van der Waals surface area contributed by atoms with Crippen molar-refractivity contribution in [2.24, 2.45) is 0 Å². The van der Waals surface area contributed by atoms with E-state index >= 15 is 0 Å². The summed E-state index contributed by atoms with van der Waals surface area (Å²) in [5.41, 5.74) is 1.94. The molecule has 5 heteroatoms. The van der Waals surface area contributed by atoms with Gasteiger partial charge in [-0.1, -0.05) is 37.5 Å². The quantitative estimate of drug-likeness (QED) is 0.782. The summed E-state index contributed by atoms with van der Waals surface area (Å²) in [5, 5.41) is 0.739. The largest absolute Gasteiger partial charge is 0.449 e. The first-order chi connectivity index (χ1) is 12.5. The monoisotopic (exact) mass is 354 g/mol.